The maximum atomic E-state index is 11.9. The molecule has 0 radical (unpaired) electrons. The second-order valence-electron chi connectivity index (χ2n) is 4.81. The summed E-state index contributed by atoms with van der Waals surface area (Å²) >= 11 is 5.91. The third-order valence-corrected chi connectivity index (χ3v) is 3.70. The first-order valence-corrected chi connectivity index (χ1v) is 6.80. The maximum Gasteiger partial charge on any atom is 0.224 e. The summed E-state index contributed by atoms with van der Waals surface area (Å²) in [5, 5.41) is 7.03. The van der Waals surface area contributed by atoms with E-state index in [1.165, 1.54) is 0 Å². The van der Waals surface area contributed by atoms with Crippen molar-refractivity contribution >= 4 is 17.5 Å². The summed E-state index contributed by atoms with van der Waals surface area (Å²) in [6, 6.07) is 8.04. The lowest BCUT2D eigenvalue weighted by molar-refractivity contribution is -0.125. The standard InChI is InChI=1S/C14H19ClN2O/c1-10-13(6-8-16-10)14(18)17-7-5-11-3-2-4-12(15)9-11/h2-4,9-10,13,16H,5-8H2,1H3,(H,17,18). The fourth-order valence-corrected chi connectivity index (χ4v) is 2.58. The highest BCUT2D eigenvalue weighted by Gasteiger charge is 2.28. The van der Waals surface area contributed by atoms with Gasteiger partial charge in [0.15, 0.2) is 0 Å². The Labute approximate surface area is 113 Å². The molecule has 0 aliphatic carbocycles. The third kappa shape index (κ3) is 3.47. The van der Waals surface area contributed by atoms with E-state index in [2.05, 4.69) is 17.6 Å². The van der Waals surface area contributed by atoms with E-state index in [-0.39, 0.29) is 17.9 Å². The average molecular weight is 267 g/mol. The zero-order chi connectivity index (χ0) is 13.0. The monoisotopic (exact) mass is 266 g/mol. The van der Waals surface area contributed by atoms with Crippen LogP contribution in [0.5, 0.6) is 0 Å². The first-order valence-electron chi connectivity index (χ1n) is 6.42. The van der Waals surface area contributed by atoms with Gasteiger partial charge in [-0.2, -0.15) is 0 Å². The van der Waals surface area contributed by atoms with Crippen molar-refractivity contribution in [3.05, 3.63) is 34.9 Å². The van der Waals surface area contributed by atoms with Crippen molar-refractivity contribution in [2.75, 3.05) is 13.1 Å². The second kappa shape index (κ2) is 6.21. The lowest BCUT2D eigenvalue weighted by atomic mass is 10.0. The molecule has 1 aromatic rings. The summed E-state index contributed by atoms with van der Waals surface area (Å²) in [4.78, 5) is 11.9. The Hall–Kier alpha value is -1.06. The van der Waals surface area contributed by atoms with E-state index in [4.69, 9.17) is 11.6 Å². The molecule has 0 spiro atoms. The number of nitrogens with one attached hydrogen (secondary N) is 2. The zero-order valence-electron chi connectivity index (χ0n) is 10.6. The van der Waals surface area contributed by atoms with Gasteiger partial charge >= 0.3 is 0 Å². The van der Waals surface area contributed by atoms with Crippen LogP contribution in [0, 0.1) is 5.92 Å². The Morgan fingerprint density at radius 3 is 3.06 bits per heavy atom. The highest BCUT2D eigenvalue weighted by molar-refractivity contribution is 6.30. The number of carbonyl (C=O) groups is 1. The minimum atomic E-state index is 0.115. The summed E-state index contributed by atoms with van der Waals surface area (Å²) in [6.07, 6.45) is 1.75. The normalized spacial score (nSPS) is 23.0. The number of halogens is 1. The molecule has 1 aliphatic heterocycles. The molecule has 0 bridgehead atoms. The van der Waals surface area contributed by atoms with Crippen LogP contribution in [-0.2, 0) is 11.2 Å². The first-order chi connectivity index (χ1) is 8.66. The van der Waals surface area contributed by atoms with Crippen LogP contribution in [0.25, 0.3) is 0 Å². The van der Waals surface area contributed by atoms with Gasteiger partial charge in [-0.05, 0) is 44.0 Å². The zero-order valence-corrected chi connectivity index (χ0v) is 11.3. The molecule has 2 N–H and O–H groups in total. The Morgan fingerprint density at radius 1 is 1.56 bits per heavy atom. The van der Waals surface area contributed by atoms with Gasteiger partial charge in [-0.15, -0.1) is 0 Å². The van der Waals surface area contributed by atoms with Crippen molar-refractivity contribution in [2.24, 2.45) is 5.92 Å². The van der Waals surface area contributed by atoms with Crippen LogP contribution in [0.3, 0.4) is 0 Å². The number of hydrogen-bond acceptors (Lipinski definition) is 2. The van der Waals surface area contributed by atoms with Crippen LogP contribution in [0.2, 0.25) is 5.02 Å². The Kier molecular flexibility index (Phi) is 4.61. The molecule has 1 fully saturated rings. The largest absolute Gasteiger partial charge is 0.355 e. The summed E-state index contributed by atoms with van der Waals surface area (Å²) in [6.45, 7) is 3.67. The highest BCUT2D eigenvalue weighted by atomic mass is 35.5. The molecular weight excluding hydrogens is 248 g/mol. The van der Waals surface area contributed by atoms with Crippen LogP contribution in [0.1, 0.15) is 18.9 Å². The summed E-state index contributed by atoms with van der Waals surface area (Å²) in [5.41, 5.74) is 1.15. The molecular formula is C14H19ClN2O. The first kappa shape index (κ1) is 13.4. The van der Waals surface area contributed by atoms with Gasteiger partial charge in [-0.1, -0.05) is 23.7 Å². The van der Waals surface area contributed by atoms with E-state index in [0.29, 0.717) is 6.54 Å². The second-order valence-corrected chi connectivity index (χ2v) is 5.25. The number of carbonyl (C=O) groups excluding carboxylic acids is 1. The fraction of sp³-hybridized carbons (Fsp3) is 0.500. The Bertz CT molecular complexity index is 422. The summed E-state index contributed by atoms with van der Waals surface area (Å²) < 4.78 is 0. The van der Waals surface area contributed by atoms with Crippen LogP contribution in [-0.4, -0.2) is 25.0 Å². The Morgan fingerprint density at radius 2 is 2.39 bits per heavy atom. The maximum absolute atomic E-state index is 11.9. The van der Waals surface area contributed by atoms with Gasteiger partial charge in [0.05, 0.1) is 5.92 Å². The molecule has 2 atom stereocenters. The van der Waals surface area contributed by atoms with E-state index < -0.39 is 0 Å². The van der Waals surface area contributed by atoms with Crippen LogP contribution < -0.4 is 10.6 Å². The van der Waals surface area contributed by atoms with Gasteiger partial charge in [0, 0.05) is 17.6 Å². The van der Waals surface area contributed by atoms with Crippen LogP contribution in [0.4, 0.5) is 0 Å². The van der Waals surface area contributed by atoms with E-state index in [0.717, 1.165) is 30.0 Å². The molecule has 1 amide bonds. The minimum Gasteiger partial charge on any atom is -0.355 e. The molecule has 0 saturated carbocycles. The molecule has 3 nitrogen and oxygen atoms in total. The van der Waals surface area contributed by atoms with E-state index in [9.17, 15) is 4.79 Å². The van der Waals surface area contributed by atoms with Crippen molar-refractivity contribution in [3.63, 3.8) is 0 Å². The molecule has 98 valence electrons. The molecule has 18 heavy (non-hydrogen) atoms. The van der Waals surface area contributed by atoms with Crippen molar-refractivity contribution in [3.8, 4) is 0 Å². The van der Waals surface area contributed by atoms with Crippen molar-refractivity contribution in [1.82, 2.24) is 10.6 Å². The van der Waals surface area contributed by atoms with Crippen LogP contribution >= 0.6 is 11.6 Å². The van der Waals surface area contributed by atoms with E-state index >= 15 is 0 Å². The van der Waals surface area contributed by atoms with Gasteiger partial charge in [0.1, 0.15) is 0 Å². The molecule has 2 rings (SSSR count). The highest BCUT2D eigenvalue weighted by Crippen LogP contribution is 2.15. The lowest BCUT2D eigenvalue weighted by Gasteiger charge is -2.14. The van der Waals surface area contributed by atoms with E-state index in [1.807, 2.05) is 24.3 Å². The van der Waals surface area contributed by atoms with Crippen molar-refractivity contribution in [2.45, 2.75) is 25.8 Å². The Balaban J connectivity index is 1.77. The SMILES string of the molecule is CC1NCCC1C(=O)NCCc1cccc(Cl)c1. The number of rotatable bonds is 4. The predicted molar refractivity (Wildman–Crippen MR) is 73.7 cm³/mol. The molecule has 4 heteroatoms. The van der Waals surface area contributed by atoms with Gasteiger partial charge < -0.3 is 10.6 Å². The fourth-order valence-electron chi connectivity index (χ4n) is 2.37. The lowest BCUT2D eigenvalue weighted by Crippen LogP contribution is -2.37. The molecule has 0 aromatic heterocycles. The quantitative estimate of drug-likeness (QED) is 0.875. The van der Waals surface area contributed by atoms with Gasteiger partial charge in [-0.3, -0.25) is 4.79 Å². The van der Waals surface area contributed by atoms with Crippen molar-refractivity contribution in [1.29, 1.82) is 0 Å². The summed E-state index contributed by atoms with van der Waals surface area (Å²) in [7, 11) is 0. The predicted octanol–water partition coefficient (Wildman–Crippen LogP) is 2.00. The number of hydrogen-bond donors (Lipinski definition) is 2. The third-order valence-electron chi connectivity index (χ3n) is 3.46. The average Bonchev–Trinajstić information content (AvgIpc) is 2.75. The van der Waals surface area contributed by atoms with Crippen LogP contribution in [0.15, 0.2) is 24.3 Å². The molecule has 1 aliphatic rings. The molecule has 1 heterocycles. The number of amides is 1. The van der Waals surface area contributed by atoms with E-state index in [1.54, 1.807) is 0 Å². The molecule has 1 saturated heterocycles. The summed E-state index contributed by atoms with van der Waals surface area (Å²) in [5.74, 6) is 0.277. The molecule has 1 aromatic carbocycles. The molecule has 2 unspecified atom stereocenters. The topological polar surface area (TPSA) is 41.1 Å². The van der Waals surface area contributed by atoms with Gasteiger partial charge in [0.25, 0.3) is 0 Å². The minimum absolute atomic E-state index is 0.115. The van der Waals surface area contributed by atoms with Gasteiger partial charge in [-0.25, -0.2) is 0 Å². The van der Waals surface area contributed by atoms with Gasteiger partial charge in [0.2, 0.25) is 5.91 Å². The van der Waals surface area contributed by atoms with Crippen molar-refractivity contribution < 1.29 is 4.79 Å². The number of benzene rings is 1. The smallest absolute Gasteiger partial charge is 0.224 e.